The van der Waals surface area contributed by atoms with E-state index >= 15 is 0 Å². The number of benzene rings is 1. The van der Waals surface area contributed by atoms with Crippen LogP contribution in [0.2, 0.25) is 0 Å². The molecule has 1 aromatic carbocycles. The molecule has 0 heterocycles. The summed E-state index contributed by atoms with van der Waals surface area (Å²) in [5.41, 5.74) is 2.28. The van der Waals surface area contributed by atoms with E-state index in [0.29, 0.717) is 6.54 Å². The number of carbonyl (C=O) groups is 1. The summed E-state index contributed by atoms with van der Waals surface area (Å²) in [5, 5.41) is 6.33. The molecule has 0 aliphatic heterocycles. The molecule has 0 aliphatic rings. The van der Waals surface area contributed by atoms with Crippen LogP contribution < -0.4 is 15.5 Å². The van der Waals surface area contributed by atoms with Gasteiger partial charge in [-0.25, -0.2) is 0 Å². The van der Waals surface area contributed by atoms with Gasteiger partial charge in [0, 0.05) is 29.8 Å². The minimum Gasteiger partial charge on any atom is -0.365 e. The van der Waals surface area contributed by atoms with E-state index in [1.807, 2.05) is 31.9 Å². The highest BCUT2D eigenvalue weighted by Gasteiger charge is 2.12. The van der Waals surface area contributed by atoms with E-state index in [1.165, 1.54) is 5.56 Å². The van der Waals surface area contributed by atoms with Gasteiger partial charge >= 0.3 is 0 Å². The maximum absolute atomic E-state index is 11.9. The van der Waals surface area contributed by atoms with Crippen LogP contribution in [0, 0.1) is 0 Å². The van der Waals surface area contributed by atoms with Gasteiger partial charge in [-0.1, -0.05) is 28.9 Å². The van der Waals surface area contributed by atoms with Gasteiger partial charge in [-0.2, -0.15) is 0 Å². The fraction of sp³-hybridized carbons (Fsp3) is 0.562. The van der Waals surface area contributed by atoms with Gasteiger partial charge in [0.1, 0.15) is 0 Å². The van der Waals surface area contributed by atoms with Gasteiger partial charge in [0.15, 0.2) is 0 Å². The molecule has 1 amide bonds. The van der Waals surface area contributed by atoms with E-state index in [2.05, 4.69) is 45.6 Å². The van der Waals surface area contributed by atoms with Crippen molar-refractivity contribution in [2.45, 2.75) is 39.8 Å². The summed E-state index contributed by atoms with van der Waals surface area (Å²) >= 11 is 3.51. The molecule has 1 rings (SSSR count). The Morgan fingerprint density at radius 2 is 2.10 bits per heavy atom. The third-order valence-electron chi connectivity index (χ3n) is 3.03. The zero-order valence-corrected chi connectivity index (χ0v) is 15.0. The Hall–Kier alpha value is -1.07. The molecular formula is C16H26BrN3O. The molecule has 0 spiro atoms. The van der Waals surface area contributed by atoms with Gasteiger partial charge in [0.25, 0.3) is 0 Å². The van der Waals surface area contributed by atoms with Crippen LogP contribution in [0.15, 0.2) is 22.7 Å². The van der Waals surface area contributed by atoms with Crippen molar-refractivity contribution in [1.29, 1.82) is 0 Å². The predicted octanol–water partition coefficient (Wildman–Crippen LogP) is 2.91. The summed E-state index contributed by atoms with van der Waals surface area (Å²) in [7, 11) is 1.95. The summed E-state index contributed by atoms with van der Waals surface area (Å²) < 4.78 is 1.02. The molecule has 0 unspecified atom stereocenters. The zero-order chi connectivity index (χ0) is 15.8. The lowest BCUT2D eigenvalue weighted by Crippen LogP contribution is -2.39. The normalized spacial score (nSPS) is 10.8. The SMILES string of the molecule is CCCNCc1ccc(Br)cc1N(C)CC(=O)NC(C)C. The Balaban J connectivity index is 2.78. The van der Waals surface area contributed by atoms with Crippen molar-refractivity contribution in [2.24, 2.45) is 0 Å². The average molecular weight is 356 g/mol. The lowest BCUT2D eigenvalue weighted by molar-refractivity contribution is -0.120. The number of nitrogens with zero attached hydrogens (tertiary/aromatic N) is 1. The van der Waals surface area contributed by atoms with Gasteiger partial charge in [-0.15, -0.1) is 0 Å². The Kier molecular flexibility index (Phi) is 7.75. The zero-order valence-electron chi connectivity index (χ0n) is 13.4. The smallest absolute Gasteiger partial charge is 0.239 e. The molecule has 0 bridgehead atoms. The second kappa shape index (κ2) is 9.05. The van der Waals surface area contributed by atoms with Crippen LogP contribution in [0.4, 0.5) is 5.69 Å². The molecule has 0 saturated heterocycles. The first kappa shape index (κ1) is 18.0. The van der Waals surface area contributed by atoms with Gasteiger partial charge < -0.3 is 15.5 Å². The number of anilines is 1. The standard InChI is InChI=1S/C16H26BrN3O/c1-5-8-18-10-13-6-7-14(17)9-15(13)20(4)11-16(21)19-12(2)3/h6-7,9,12,18H,5,8,10-11H2,1-4H3,(H,19,21). The van der Waals surface area contributed by atoms with Crippen LogP contribution in [-0.2, 0) is 11.3 Å². The first-order chi connectivity index (χ1) is 9.93. The van der Waals surface area contributed by atoms with Gasteiger partial charge in [-0.05, 0) is 44.5 Å². The average Bonchev–Trinajstić information content (AvgIpc) is 2.39. The highest BCUT2D eigenvalue weighted by molar-refractivity contribution is 9.10. The van der Waals surface area contributed by atoms with E-state index in [9.17, 15) is 4.79 Å². The Morgan fingerprint density at radius 1 is 1.38 bits per heavy atom. The van der Waals surface area contributed by atoms with Crippen LogP contribution in [0.5, 0.6) is 0 Å². The van der Waals surface area contributed by atoms with E-state index in [-0.39, 0.29) is 11.9 Å². The van der Waals surface area contributed by atoms with E-state index < -0.39 is 0 Å². The molecule has 0 radical (unpaired) electrons. The Bertz CT molecular complexity index is 463. The van der Waals surface area contributed by atoms with E-state index in [1.54, 1.807) is 0 Å². The van der Waals surface area contributed by atoms with Gasteiger partial charge in [-0.3, -0.25) is 4.79 Å². The van der Waals surface area contributed by atoms with Crippen LogP contribution >= 0.6 is 15.9 Å². The Morgan fingerprint density at radius 3 is 2.71 bits per heavy atom. The molecular weight excluding hydrogens is 330 g/mol. The monoisotopic (exact) mass is 355 g/mol. The van der Waals surface area contributed by atoms with E-state index in [0.717, 1.165) is 29.7 Å². The fourth-order valence-electron chi connectivity index (χ4n) is 2.11. The van der Waals surface area contributed by atoms with Crippen LogP contribution in [0.3, 0.4) is 0 Å². The molecule has 118 valence electrons. The molecule has 0 atom stereocenters. The molecule has 4 nitrogen and oxygen atoms in total. The lowest BCUT2D eigenvalue weighted by Gasteiger charge is -2.23. The first-order valence-corrected chi connectivity index (χ1v) is 8.23. The predicted molar refractivity (Wildman–Crippen MR) is 92.7 cm³/mol. The number of rotatable bonds is 8. The quantitative estimate of drug-likeness (QED) is 0.704. The van der Waals surface area contributed by atoms with Crippen molar-refractivity contribution < 1.29 is 4.79 Å². The molecule has 0 aliphatic carbocycles. The minimum atomic E-state index is 0.0416. The molecule has 1 aromatic rings. The molecule has 5 heteroatoms. The number of nitrogens with one attached hydrogen (secondary N) is 2. The molecule has 21 heavy (non-hydrogen) atoms. The van der Waals surface area contributed by atoms with Crippen LogP contribution in [0.1, 0.15) is 32.8 Å². The number of likely N-dealkylation sites (N-methyl/N-ethyl adjacent to an activating group) is 1. The van der Waals surface area contributed by atoms with Crippen molar-refractivity contribution in [3.63, 3.8) is 0 Å². The number of amides is 1. The number of halogens is 1. The van der Waals surface area contributed by atoms with Crippen molar-refractivity contribution in [3.05, 3.63) is 28.2 Å². The maximum atomic E-state index is 11.9. The largest absolute Gasteiger partial charge is 0.365 e. The van der Waals surface area contributed by atoms with Crippen molar-refractivity contribution in [1.82, 2.24) is 10.6 Å². The fourth-order valence-corrected chi connectivity index (χ4v) is 2.46. The maximum Gasteiger partial charge on any atom is 0.239 e. The first-order valence-electron chi connectivity index (χ1n) is 7.43. The van der Waals surface area contributed by atoms with Crippen LogP contribution in [-0.4, -0.2) is 32.1 Å². The molecule has 0 saturated carbocycles. The molecule has 0 aromatic heterocycles. The summed E-state index contributed by atoms with van der Waals surface area (Å²) in [4.78, 5) is 13.9. The number of hydrogen-bond acceptors (Lipinski definition) is 3. The second-order valence-electron chi connectivity index (χ2n) is 5.53. The topological polar surface area (TPSA) is 44.4 Å². The van der Waals surface area contributed by atoms with Crippen LogP contribution in [0.25, 0.3) is 0 Å². The summed E-state index contributed by atoms with van der Waals surface area (Å²) in [6.45, 7) is 8.25. The highest BCUT2D eigenvalue weighted by Crippen LogP contribution is 2.24. The number of carbonyl (C=O) groups excluding carboxylic acids is 1. The van der Waals surface area contributed by atoms with Crippen molar-refractivity contribution >= 4 is 27.5 Å². The molecule has 2 N–H and O–H groups in total. The Labute approximate surface area is 136 Å². The minimum absolute atomic E-state index is 0.0416. The second-order valence-corrected chi connectivity index (χ2v) is 6.44. The van der Waals surface area contributed by atoms with Crippen molar-refractivity contribution in [2.75, 3.05) is 25.0 Å². The van der Waals surface area contributed by atoms with Gasteiger partial charge in [0.05, 0.1) is 6.54 Å². The van der Waals surface area contributed by atoms with E-state index in [4.69, 9.17) is 0 Å². The third-order valence-corrected chi connectivity index (χ3v) is 3.52. The van der Waals surface area contributed by atoms with Crippen molar-refractivity contribution in [3.8, 4) is 0 Å². The summed E-state index contributed by atoms with van der Waals surface area (Å²) in [6, 6.07) is 6.36. The molecule has 0 fully saturated rings. The van der Waals surface area contributed by atoms with Gasteiger partial charge in [0.2, 0.25) is 5.91 Å². The third kappa shape index (κ3) is 6.48. The lowest BCUT2D eigenvalue weighted by atomic mass is 10.1. The highest BCUT2D eigenvalue weighted by atomic mass is 79.9. The summed E-state index contributed by atoms with van der Waals surface area (Å²) in [5.74, 6) is 0.0416. The summed E-state index contributed by atoms with van der Waals surface area (Å²) in [6.07, 6.45) is 1.11. The number of hydrogen-bond donors (Lipinski definition) is 2.